The number of carbonyl (C=O) groups excluding carboxylic acids is 2. The summed E-state index contributed by atoms with van der Waals surface area (Å²) >= 11 is 0. The SMILES string of the molecule is O=C(COC(=O)c1cccc(NS(=O)(=O)C=Cc2ccccc2)c1)NCc1ccc2c(c1)OCO2. The van der Waals surface area contributed by atoms with E-state index in [1.807, 2.05) is 6.07 Å². The molecule has 0 fully saturated rings. The first kappa shape index (κ1) is 23.8. The van der Waals surface area contributed by atoms with Crippen LogP contribution in [-0.4, -0.2) is 33.7 Å². The topological polar surface area (TPSA) is 120 Å². The summed E-state index contributed by atoms with van der Waals surface area (Å²) in [4.78, 5) is 24.4. The molecule has 0 spiro atoms. The van der Waals surface area contributed by atoms with Crippen LogP contribution in [0.2, 0.25) is 0 Å². The van der Waals surface area contributed by atoms with Crippen LogP contribution in [-0.2, 0) is 26.1 Å². The van der Waals surface area contributed by atoms with Crippen molar-refractivity contribution < 1.29 is 32.2 Å². The molecule has 2 N–H and O–H groups in total. The number of amides is 1. The summed E-state index contributed by atoms with van der Waals surface area (Å²) in [7, 11) is -3.80. The van der Waals surface area contributed by atoms with Gasteiger partial charge in [0.05, 0.1) is 11.0 Å². The molecule has 0 aliphatic carbocycles. The van der Waals surface area contributed by atoms with Crippen LogP contribution in [0, 0.1) is 0 Å². The van der Waals surface area contributed by atoms with Gasteiger partial charge in [0, 0.05) is 12.2 Å². The summed E-state index contributed by atoms with van der Waals surface area (Å²) in [5.74, 6) is 0.00279. The van der Waals surface area contributed by atoms with E-state index in [2.05, 4.69) is 10.0 Å². The maximum Gasteiger partial charge on any atom is 0.338 e. The normalized spacial score (nSPS) is 12.3. The summed E-state index contributed by atoms with van der Waals surface area (Å²) in [6.45, 7) is -0.103. The van der Waals surface area contributed by atoms with E-state index in [9.17, 15) is 18.0 Å². The maximum absolute atomic E-state index is 12.4. The van der Waals surface area contributed by atoms with Crippen LogP contribution in [0.1, 0.15) is 21.5 Å². The van der Waals surface area contributed by atoms with Crippen molar-refractivity contribution in [3.63, 3.8) is 0 Å². The molecule has 3 aromatic rings. The summed E-state index contributed by atoms with van der Waals surface area (Å²) in [5.41, 5.74) is 1.81. The average molecular weight is 495 g/mol. The molecule has 0 bridgehead atoms. The van der Waals surface area contributed by atoms with E-state index in [1.54, 1.807) is 42.5 Å². The Balaban J connectivity index is 1.28. The fourth-order valence-electron chi connectivity index (χ4n) is 3.16. The van der Waals surface area contributed by atoms with E-state index in [-0.39, 0.29) is 24.6 Å². The Morgan fingerprint density at radius 3 is 2.57 bits per heavy atom. The molecule has 0 aromatic heterocycles. The molecule has 0 unspecified atom stereocenters. The number of rotatable bonds is 9. The van der Waals surface area contributed by atoms with Crippen molar-refractivity contribution in [2.24, 2.45) is 0 Å². The Labute approximate surface area is 202 Å². The van der Waals surface area contributed by atoms with Gasteiger partial charge in [-0.15, -0.1) is 0 Å². The van der Waals surface area contributed by atoms with E-state index < -0.39 is 28.5 Å². The number of benzene rings is 3. The second kappa shape index (κ2) is 10.7. The van der Waals surface area contributed by atoms with Crippen molar-refractivity contribution >= 4 is 33.7 Å². The zero-order valence-electron chi connectivity index (χ0n) is 18.5. The summed E-state index contributed by atoms with van der Waals surface area (Å²) in [6.07, 6.45) is 1.46. The Morgan fingerprint density at radius 1 is 0.943 bits per heavy atom. The molecule has 35 heavy (non-hydrogen) atoms. The number of carbonyl (C=O) groups is 2. The largest absolute Gasteiger partial charge is 0.454 e. The van der Waals surface area contributed by atoms with Gasteiger partial charge in [-0.2, -0.15) is 0 Å². The van der Waals surface area contributed by atoms with Gasteiger partial charge in [0.25, 0.3) is 15.9 Å². The van der Waals surface area contributed by atoms with Crippen LogP contribution < -0.4 is 19.5 Å². The predicted molar refractivity (Wildman–Crippen MR) is 129 cm³/mol. The van der Waals surface area contributed by atoms with Gasteiger partial charge in [-0.25, -0.2) is 13.2 Å². The number of nitrogens with one attached hydrogen (secondary N) is 2. The molecule has 180 valence electrons. The lowest BCUT2D eigenvalue weighted by Gasteiger charge is -2.09. The number of hydrogen-bond donors (Lipinski definition) is 2. The summed E-state index contributed by atoms with van der Waals surface area (Å²) in [6, 6.07) is 20.1. The molecule has 0 atom stereocenters. The molecule has 9 nitrogen and oxygen atoms in total. The molecule has 1 amide bonds. The molecule has 10 heteroatoms. The molecule has 0 saturated carbocycles. The van der Waals surface area contributed by atoms with Gasteiger partial charge in [-0.1, -0.05) is 42.5 Å². The third-order valence-corrected chi connectivity index (χ3v) is 5.87. The molecule has 4 rings (SSSR count). The van der Waals surface area contributed by atoms with Crippen molar-refractivity contribution in [1.29, 1.82) is 0 Å². The van der Waals surface area contributed by atoms with Crippen LogP contribution in [0.4, 0.5) is 5.69 Å². The fraction of sp³-hybridized carbons (Fsp3) is 0.120. The monoisotopic (exact) mass is 494 g/mol. The minimum atomic E-state index is -3.80. The van der Waals surface area contributed by atoms with Gasteiger partial charge in [0.2, 0.25) is 6.79 Å². The minimum Gasteiger partial charge on any atom is -0.454 e. The number of ether oxygens (including phenoxy) is 3. The van der Waals surface area contributed by atoms with Crippen LogP contribution >= 0.6 is 0 Å². The lowest BCUT2D eigenvalue weighted by atomic mass is 10.2. The van der Waals surface area contributed by atoms with Gasteiger partial charge in [-0.05, 0) is 47.5 Å². The summed E-state index contributed by atoms with van der Waals surface area (Å²) < 4.78 is 42.7. The van der Waals surface area contributed by atoms with Gasteiger partial charge in [-0.3, -0.25) is 9.52 Å². The molecule has 0 saturated heterocycles. The highest BCUT2D eigenvalue weighted by Crippen LogP contribution is 2.32. The molecule has 0 radical (unpaired) electrons. The second-order valence-electron chi connectivity index (χ2n) is 7.48. The number of hydrogen-bond acceptors (Lipinski definition) is 7. The van der Waals surface area contributed by atoms with Crippen LogP contribution in [0.3, 0.4) is 0 Å². The van der Waals surface area contributed by atoms with Crippen LogP contribution in [0.15, 0.2) is 78.2 Å². The fourth-order valence-corrected chi connectivity index (χ4v) is 4.02. The second-order valence-corrected chi connectivity index (χ2v) is 9.05. The first-order chi connectivity index (χ1) is 16.9. The highest BCUT2D eigenvalue weighted by molar-refractivity contribution is 7.95. The van der Waals surface area contributed by atoms with Gasteiger partial charge >= 0.3 is 5.97 Å². The van der Waals surface area contributed by atoms with Crippen molar-refractivity contribution in [2.45, 2.75) is 6.54 Å². The third kappa shape index (κ3) is 6.84. The minimum absolute atomic E-state index is 0.0980. The van der Waals surface area contributed by atoms with E-state index in [0.717, 1.165) is 16.5 Å². The smallest absolute Gasteiger partial charge is 0.338 e. The van der Waals surface area contributed by atoms with E-state index in [1.165, 1.54) is 30.3 Å². The Bertz CT molecular complexity index is 1360. The Hall–Kier alpha value is -4.31. The van der Waals surface area contributed by atoms with Gasteiger partial charge in [0.1, 0.15) is 0 Å². The van der Waals surface area contributed by atoms with Crippen molar-refractivity contribution in [3.8, 4) is 11.5 Å². The highest BCUT2D eigenvalue weighted by atomic mass is 32.2. The molecule has 3 aromatic carbocycles. The number of sulfonamides is 1. The standard InChI is InChI=1S/C25H22N2O7S/c28-24(26-15-19-9-10-22-23(13-19)34-17-33-22)16-32-25(29)20-7-4-8-21(14-20)27-35(30,31)12-11-18-5-2-1-3-6-18/h1-14,27H,15-17H2,(H,26,28). The summed E-state index contributed by atoms with van der Waals surface area (Å²) in [5, 5.41) is 3.69. The lowest BCUT2D eigenvalue weighted by molar-refractivity contribution is -0.124. The van der Waals surface area contributed by atoms with E-state index in [0.29, 0.717) is 11.5 Å². The molecular weight excluding hydrogens is 472 g/mol. The quantitative estimate of drug-likeness (QED) is 0.438. The zero-order valence-corrected chi connectivity index (χ0v) is 19.3. The van der Waals surface area contributed by atoms with Crippen molar-refractivity contribution in [2.75, 3.05) is 18.1 Å². The highest BCUT2D eigenvalue weighted by Gasteiger charge is 2.15. The predicted octanol–water partition coefficient (Wildman–Crippen LogP) is 3.30. The van der Waals surface area contributed by atoms with E-state index in [4.69, 9.17) is 14.2 Å². The average Bonchev–Trinajstić information content (AvgIpc) is 3.33. The lowest BCUT2D eigenvalue weighted by Crippen LogP contribution is -2.28. The Morgan fingerprint density at radius 2 is 1.74 bits per heavy atom. The number of esters is 1. The van der Waals surface area contributed by atoms with Crippen molar-refractivity contribution in [3.05, 3.63) is 94.9 Å². The molecular formula is C25H22N2O7S. The Kier molecular flexibility index (Phi) is 7.32. The number of anilines is 1. The first-order valence-electron chi connectivity index (χ1n) is 10.6. The maximum atomic E-state index is 12.4. The van der Waals surface area contributed by atoms with Crippen LogP contribution in [0.5, 0.6) is 11.5 Å². The van der Waals surface area contributed by atoms with Gasteiger partial charge < -0.3 is 19.5 Å². The molecule has 1 aliphatic heterocycles. The molecule has 1 heterocycles. The van der Waals surface area contributed by atoms with E-state index >= 15 is 0 Å². The zero-order chi connectivity index (χ0) is 24.7. The van der Waals surface area contributed by atoms with Crippen LogP contribution in [0.25, 0.3) is 6.08 Å². The molecule has 1 aliphatic rings. The van der Waals surface area contributed by atoms with Gasteiger partial charge in [0.15, 0.2) is 18.1 Å². The third-order valence-electron chi connectivity index (χ3n) is 4.86. The first-order valence-corrected chi connectivity index (χ1v) is 12.1. The number of fused-ring (bicyclic) bond motifs is 1. The van der Waals surface area contributed by atoms with Crippen molar-refractivity contribution in [1.82, 2.24) is 5.32 Å².